The molecule has 1 aromatic carbocycles. The number of benzene rings is 1. The number of ether oxygens (including phenoxy) is 2. The quantitative estimate of drug-likeness (QED) is 0.909. The highest BCUT2D eigenvalue weighted by Crippen LogP contribution is 2.63. The second-order valence-electron chi connectivity index (χ2n) is 7.55. The fourth-order valence-electron chi connectivity index (χ4n) is 6.06. The third kappa shape index (κ3) is 1.49. The Bertz CT molecular complexity index is 700. The summed E-state index contributed by atoms with van der Waals surface area (Å²) in [6.45, 7) is 3.20. The summed E-state index contributed by atoms with van der Waals surface area (Å²) in [7, 11) is 1.68. The number of nitrogens with one attached hydrogen (secondary N) is 1. The monoisotopic (exact) mass is 313 g/mol. The van der Waals surface area contributed by atoms with E-state index in [9.17, 15) is 4.79 Å². The van der Waals surface area contributed by atoms with E-state index in [2.05, 4.69) is 18.3 Å². The molecule has 5 rings (SSSR count). The van der Waals surface area contributed by atoms with Gasteiger partial charge < -0.3 is 14.8 Å². The van der Waals surface area contributed by atoms with Gasteiger partial charge in [-0.25, -0.2) is 0 Å². The molecule has 1 aromatic rings. The number of carbonyl (C=O) groups is 1. The van der Waals surface area contributed by atoms with E-state index in [0.717, 1.165) is 37.3 Å². The topological polar surface area (TPSA) is 47.6 Å². The lowest BCUT2D eigenvalue weighted by Gasteiger charge is -2.57. The van der Waals surface area contributed by atoms with E-state index in [1.165, 1.54) is 11.1 Å². The van der Waals surface area contributed by atoms with Gasteiger partial charge in [-0.2, -0.15) is 0 Å². The lowest BCUT2D eigenvalue weighted by atomic mass is 9.49. The van der Waals surface area contributed by atoms with Gasteiger partial charge in [-0.1, -0.05) is 19.4 Å². The summed E-state index contributed by atoms with van der Waals surface area (Å²) in [5.41, 5.74) is 2.53. The van der Waals surface area contributed by atoms with Gasteiger partial charge in [0.1, 0.15) is 0 Å². The number of methoxy groups -OCH3 is 1. The summed E-state index contributed by atoms with van der Waals surface area (Å²) >= 11 is 0. The SMILES string of the molecule is CC[C@H]1CC(=O)[C@@H]2Oc3c(OC)ccc4c3[C@@]23CCN[C@H](C4)[C@H]13. The molecule has 1 saturated carbocycles. The Kier molecular flexibility index (Phi) is 2.71. The van der Waals surface area contributed by atoms with Crippen molar-refractivity contribution in [1.82, 2.24) is 5.32 Å². The maximum Gasteiger partial charge on any atom is 0.174 e. The zero-order valence-corrected chi connectivity index (χ0v) is 13.7. The zero-order valence-electron chi connectivity index (χ0n) is 13.7. The number of rotatable bonds is 2. The van der Waals surface area contributed by atoms with Gasteiger partial charge in [-0.3, -0.25) is 4.79 Å². The Morgan fingerprint density at radius 3 is 3.04 bits per heavy atom. The predicted molar refractivity (Wildman–Crippen MR) is 86.1 cm³/mol. The van der Waals surface area contributed by atoms with Crippen LogP contribution in [0.4, 0.5) is 0 Å². The van der Waals surface area contributed by atoms with Crippen molar-refractivity contribution in [1.29, 1.82) is 0 Å². The summed E-state index contributed by atoms with van der Waals surface area (Å²) in [5, 5.41) is 3.74. The molecule has 4 aliphatic rings. The number of Topliss-reactive ketones (excluding diaryl/α,β-unsaturated/α-hetero) is 1. The molecule has 0 amide bonds. The van der Waals surface area contributed by atoms with Gasteiger partial charge in [0.2, 0.25) is 0 Å². The second kappa shape index (κ2) is 4.50. The van der Waals surface area contributed by atoms with Crippen LogP contribution in [0.1, 0.15) is 37.3 Å². The molecule has 122 valence electrons. The molecule has 2 aliphatic carbocycles. The molecule has 0 radical (unpaired) electrons. The summed E-state index contributed by atoms with van der Waals surface area (Å²) in [5.74, 6) is 2.89. The van der Waals surface area contributed by atoms with Crippen LogP contribution in [-0.4, -0.2) is 31.6 Å². The summed E-state index contributed by atoms with van der Waals surface area (Å²) in [6.07, 6.45) is 3.47. The maximum atomic E-state index is 12.9. The van der Waals surface area contributed by atoms with Crippen molar-refractivity contribution in [3.8, 4) is 11.5 Å². The van der Waals surface area contributed by atoms with E-state index < -0.39 is 0 Å². The van der Waals surface area contributed by atoms with Gasteiger partial charge in [-0.15, -0.1) is 0 Å². The molecule has 23 heavy (non-hydrogen) atoms. The lowest BCUT2D eigenvalue weighted by Crippen LogP contribution is -2.67. The minimum Gasteiger partial charge on any atom is -0.493 e. The Morgan fingerprint density at radius 2 is 2.26 bits per heavy atom. The van der Waals surface area contributed by atoms with E-state index in [1.54, 1.807) is 7.11 Å². The number of piperidine rings is 1. The van der Waals surface area contributed by atoms with Crippen molar-refractivity contribution in [2.24, 2.45) is 11.8 Å². The van der Waals surface area contributed by atoms with Crippen LogP contribution in [0.15, 0.2) is 12.1 Å². The summed E-state index contributed by atoms with van der Waals surface area (Å²) in [6, 6.07) is 4.65. The smallest absolute Gasteiger partial charge is 0.174 e. The molecule has 5 atom stereocenters. The maximum absolute atomic E-state index is 12.9. The predicted octanol–water partition coefficient (Wildman–Crippen LogP) is 2.23. The Hall–Kier alpha value is -1.55. The summed E-state index contributed by atoms with van der Waals surface area (Å²) in [4.78, 5) is 12.9. The molecule has 1 N–H and O–H groups in total. The average molecular weight is 313 g/mol. The van der Waals surface area contributed by atoms with Crippen molar-refractivity contribution in [2.45, 2.75) is 50.2 Å². The molecule has 1 saturated heterocycles. The summed E-state index contributed by atoms with van der Waals surface area (Å²) < 4.78 is 11.9. The Balaban J connectivity index is 1.81. The molecular formula is C19H23NO3. The normalized spacial score (nSPS) is 39.7. The van der Waals surface area contributed by atoms with Gasteiger partial charge in [-0.05, 0) is 42.9 Å². The first kappa shape index (κ1) is 13.8. The third-order valence-electron chi connectivity index (χ3n) is 6.80. The molecule has 0 aromatic heterocycles. The highest BCUT2D eigenvalue weighted by atomic mass is 16.5. The first-order valence-corrected chi connectivity index (χ1v) is 8.83. The number of hydrogen-bond acceptors (Lipinski definition) is 4. The fourth-order valence-corrected chi connectivity index (χ4v) is 6.06. The van der Waals surface area contributed by atoms with Crippen LogP contribution >= 0.6 is 0 Å². The van der Waals surface area contributed by atoms with Gasteiger partial charge in [0.15, 0.2) is 23.4 Å². The van der Waals surface area contributed by atoms with Crippen molar-refractivity contribution in [3.05, 3.63) is 23.3 Å². The van der Waals surface area contributed by atoms with Crippen LogP contribution in [0.3, 0.4) is 0 Å². The molecule has 2 heterocycles. The lowest BCUT2D eigenvalue weighted by molar-refractivity contribution is -0.139. The zero-order chi connectivity index (χ0) is 15.8. The first-order chi connectivity index (χ1) is 11.2. The van der Waals surface area contributed by atoms with Crippen LogP contribution in [0.5, 0.6) is 11.5 Å². The minimum atomic E-state index is -0.301. The van der Waals surface area contributed by atoms with Gasteiger partial charge in [0.25, 0.3) is 0 Å². The molecule has 2 bridgehead atoms. The average Bonchev–Trinajstić information content (AvgIpc) is 2.90. The molecule has 4 heteroatoms. The van der Waals surface area contributed by atoms with E-state index >= 15 is 0 Å². The highest BCUT2D eigenvalue weighted by Gasteiger charge is 2.66. The molecule has 0 unspecified atom stereocenters. The van der Waals surface area contributed by atoms with Gasteiger partial charge in [0.05, 0.1) is 7.11 Å². The van der Waals surface area contributed by atoms with Crippen molar-refractivity contribution in [2.75, 3.05) is 13.7 Å². The number of ketones is 1. The number of hydrogen-bond donors (Lipinski definition) is 1. The minimum absolute atomic E-state index is 0.122. The van der Waals surface area contributed by atoms with Gasteiger partial charge in [0, 0.05) is 23.4 Å². The molecule has 4 nitrogen and oxygen atoms in total. The van der Waals surface area contributed by atoms with Crippen molar-refractivity contribution < 1.29 is 14.3 Å². The van der Waals surface area contributed by atoms with Crippen LogP contribution in [0.25, 0.3) is 0 Å². The van der Waals surface area contributed by atoms with Crippen LogP contribution < -0.4 is 14.8 Å². The first-order valence-electron chi connectivity index (χ1n) is 8.83. The Labute approximate surface area is 136 Å². The van der Waals surface area contributed by atoms with E-state index in [0.29, 0.717) is 30.1 Å². The van der Waals surface area contributed by atoms with Crippen LogP contribution in [0.2, 0.25) is 0 Å². The third-order valence-corrected chi connectivity index (χ3v) is 6.80. The standard InChI is InChI=1S/C19H23NO3/c1-3-10-9-13(21)18-19-6-7-20-12(15(10)19)8-11-4-5-14(22-2)17(23-18)16(11)19/h4-5,10,12,15,18,20H,3,6-9H2,1-2H3/t10-,12+,15-,18-,19-/m0/s1. The van der Waals surface area contributed by atoms with E-state index in [4.69, 9.17) is 9.47 Å². The largest absolute Gasteiger partial charge is 0.493 e. The highest BCUT2D eigenvalue weighted by molar-refractivity contribution is 5.89. The van der Waals surface area contributed by atoms with Crippen LogP contribution in [-0.2, 0) is 16.6 Å². The molecule has 2 fully saturated rings. The molecular weight excluding hydrogens is 290 g/mol. The second-order valence-corrected chi connectivity index (χ2v) is 7.55. The molecule has 1 spiro atoms. The van der Waals surface area contributed by atoms with Crippen molar-refractivity contribution >= 4 is 5.78 Å². The Morgan fingerprint density at radius 1 is 1.39 bits per heavy atom. The number of carbonyl (C=O) groups excluding carboxylic acids is 1. The van der Waals surface area contributed by atoms with E-state index in [1.807, 2.05) is 6.07 Å². The van der Waals surface area contributed by atoms with E-state index in [-0.39, 0.29) is 11.5 Å². The molecule has 2 aliphatic heterocycles. The van der Waals surface area contributed by atoms with Crippen LogP contribution in [0, 0.1) is 11.8 Å². The van der Waals surface area contributed by atoms with Crippen molar-refractivity contribution in [3.63, 3.8) is 0 Å². The van der Waals surface area contributed by atoms with Gasteiger partial charge >= 0.3 is 0 Å². The fraction of sp³-hybridized carbons (Fsp3) is 0.632.